The third-order valence-corrected chi connectivity index (χ3v) is 2.99. The molecule has 94 valence electrons. The van der Waals surface area contributed by atoms with Crippen molar-refractivity contribution < 1.29 is 22.8 Å². The lowest BCUT2D eigenvalue weighted by molar-refractivity contribution is -0.386. The third kappa shape index (κ3) is 3.56. The average Bonchev–Trinajstić information content (AvgIpc) is 2.18. The summed E-state index contributed by atoms with van der Waals surface area (Å²) in [4.78, 5) is 13.0. The maximum atomic E-state index is 12.0. The van der Waals surface area contributed by atoms with Crippen molar-refractivity contribution in [1.29, 1.82) is 0 Å². The third-order valence-electron chi connectivity index (χ3n) is 1.61. The Morgan fingerprint density at radius 3 is 2.59 bits per heavy atom. The number of alkyl halides is 4. The summed E-state index contributed by atoms with van der Waals surface area (Å²) in [5.74, 6) is -1.06. The van der Waals surface area contributed by atoms with Gasteiger partial charge in [0, 0.05) is 0 Å². The fourth-order valence-corrected chi connectivity index (χ4v) is 2.17. The van der Waals surface area contributed by atoms with Gasteiger partial charge in [0.15, 0.2) is 0 Å². The molecule has 0 saturated carbocycles. The van der Waals surface area contributed by atoms with Crippen LogP contribution in [0, 0.1) is 13.7 Å². The van der Waals surface area contributed by atoms with Crippen molar-refractivity contribution in [3.8, 4) is 5.88 Å². The SMILES string of the molecule is O=[N+]([O-])c1cnc(OC(F)(F)F)c(I)c1CCl. The van der Waals surface area contributed by atoms with E-state index in [9.17, 15) is 23.3 Å². The van der Waals surface area contributed by atoms with Gasteiger partial charge < -0.3 is 4.74 Å². The van der Waals surface area contributed by atoms with E-state index in [1.54, 1.807) is 0 Å². The van der Waals surface area contributed by atoms with Gasteiger partial charge in [0.2, 0.25) is 5.88 Å². The second-order valence-corrected chi connectivity index (χ2v) is 4.03. The van der Waals surface area contributed by atoms with Crippen LogP contribution in [0.4, 0.5) is 18.9 Å². The summed E-state index contributed by atoms with van der Waals surface area (Å²) in [5.41, 5.74) is -0.509. The highest BCUT2D eigenvalue weighted by atomic mass is 127. The second-order valence-electron chi connectivity index (χ2n) is 2.68. The predicted molar refractivity (Wildman–Crippen MR) is 59.8 cm³/mol. The van der Waals surface area contributed by atoms with Gasteiger partial charge in [0.05, 0.1) is 19.9 Å². The van der Waals surface area contributed by atoms with Crippen molar-refractivity contribution in [2.45, 2.75) is 12.2 Å². The lowest BCUT2D eigenvalue weighted by Gasteiger charge is -2.11. The smallest absolute Gasteiger partial charge is 0.387 e. The number of pyridine rings is 1. The molecule has 0 radical (unpaired) electrons. The molecular formula is C7H3ClF3IN2O3. The number of rotatable bonds is 3. The fraction of sp³-hybridized carbons (Fsp3) is 0.286. The first kappa shape index (κ1) is 14.2. The molecule has 1 aromatic heterocycles. The summed E-state index contributed by atoms with van der Waals surface area (Å²) in [6.07, 6.45) is -4.23. The van der Waals surface area contributed by atoms with Crippen LogP contribution in [0.2, 0.25) is 0 Å². The van der Waals surface area contributed by atoms with Crippen molar-refractivity contribution >= 4 is 39.9 Å². The number of halogens is 5. The van der Waals surface area contributed by atoms with Crippen LogP contribution in [0.15, 0.2) is 6.20 Å². The first-order valence-electron chi connectivity index (χ1n) is 3.89. The molecule has 1 rings (SSSR count). The van der Waals surface area contributed by atoms with Crippen LogP contribution in [-0.4, -0.2) is 16.3 Å². The zero-order valence-corrected chi connectivity index (χ0v) is 10.7. The summed E-state index contributed by atoms with van der Waals surface area (Å²) in [6, 6.07) is 0. The maximum absolute atomic E-state index is 12.0. The van der Waals surface area contributed by atoms with Crippen molar-refractivity contribution in [2.24, 2.45) is 0 Å². The molecule has 0 unspecified atom stereocenters. The Hall–Kier alpha value is -0.840. The maximum Gasteiger partial charge on any atom is 0.574 e. The van der Waals surface area contributed by atoms with E-state index in [-0.39, 0.29) is 15.0 Å². The lowest BCUT2D eigenvalue weighted by atomic mass is 10.2. The normalized spacial score (nSPS) is 11.4. The molecule has 0 N–H and O–H groups in total. The Labute approximate surface area is 111 Å². The molecule has 5 nitrogen and oxygen atoms in total. The molecule has 0 aliphatic carbocycles. The summed E-state index contributed by atoms with van der Waals surface area (Å²) >= 11 is 6.91. The summed E-state index contributed by atoms with van der Waals surface area (Å²) in [5, 5.41) is 10.6. The van der Waals surface area contributed by atoms with Gasteiger partial charge in [0.25, 0.3) is 5.69 Å². The van der Waals surface area contributed by atoms with E-state index in [1.807, 2.05) is 0 Å². The molecule has 10 heteroatoms. The van der Waals surface area contributed by atoms with Gasteiger partial charge in [-0.25, -0.2) is 4.98 Å². The van der Waals surface area contributed by atoms with Crippen LogP contribution in [0.1, 0.15) is 5.56 Å². The highest BCUT2D eigenvalue weighted by Crippen LogP contribution is 2.33. The molecule has 0 spiro atoms. The molecule has 0 aromatic carbocycles. The van der Waals surface area contributed by atoms with E-state index >= 15 is 0 Å². The first-order valence-corrected chi connectivity index (χ1v) is 5.51. The standard InChI is InChI=1S/C7H3ClF3IN2O3/c8-1-3-4(14(15)16)2-13-6(5(3)12)17-7(9,10)11/h2H,1H2. The van der Waals surface area contributed by atoms with E-state index in [1.165, 1.54) is 22.6 Å². The minimum Gasteiger partial charge on any atom is -0.387 e. The molecule has 1 heterocycles. The van der Waals surface area contributed by atoms with E-state index in [0.29, 0.717) is 6.20 Å². The number of hydrogen-bond donors (Lipinski definition) is 0. The molecule has 0 saturated heterocycles. The van der Waals surface area contributed by atoms with E-state index < -0.39 is 22.9 Å². The van der Waals surface area contributed by atoms with E-state index in [2.05, 4.69) is 9.72 Å². The second kappa shape index (κ2) is 5.21. The first-order chi connectivity index (χ1) is 7.76. The Morgan fingerprint density at radius 2 is 2.18 bits per heavy atom. The van der Waals surface area contributed by atoms with Crippen molar-refractivity contribution in [3.05, 3.63) is 25.4 Å². The monoisotopic (exact) mass is 382 g/mol. The van der Waals surface area contributed by atoms with Gasteiger partial charge in [-0.05, 0) is 22.6 Å². The molecule has 0 atom stereocenters. The molecule has 0 aliphatic rings. The van der Waals surface area contributed by atoms with Gasteiger partial charge in [-0.3, -0.25) is 10.1 Å². The fourth-order valence-electron chi connectivity index (χ4n) is 0.961. The van der Waals surface area contributed by atoms with E-state index in [0.717, 1.165) is 0 Å². The van der Waals surface area contributed by atoms with Crippen LogP contribution in [0.3, 0.4) is 0 Å². The van der Waals surface area contributed by atoms with Gasteiger partial charge in [-0.2, -0.15) is 0 Å². The largest absolute Gasteiger partial charge is 0.574 e. The van der Waals surface area contributed by atoms with E-state index in [4.69, 9.17) is 11.6 Å². The van der Waals surface area contributed by atoms with Crippen LogP contribution in [0.25, 0.3) is 0 Å². The summed E-state index contributed by atoms with van der Waals surface area (Å²) < 4.78 is 39.4. The minimum atomic E-state index is -4.91. The number of nitrogens with zero attached hydrogens (tertiary/aromatic N) is 2. The number of aromatic nitrogens is 1. The van der Waals surface area contributed by atoms with Crippen molar-refractivity contribution in [1.82, 2.24) is 4.98 Å². The molecule has 0 amide bonds. The number of ether oxygens (including phenoxy) is 1. The zero-order valence-electron chi connectivity index (χ0n) is 7.79. The predicted octanol–water partition coefficient (Wildman–Crippen LogP) is 3.23. The molecule has 0 fully saturated rings. The summed E-state index contributed by atoms with van der Waals surface area (Å²) in [7, 11) is 0. The van der Waals surface area contributed by atoms with Crippen LogP contribution in [0.5, 0.6) is 5.88 Å². The highest BCUT2D eigenvalue weighted by Gasteiger charge is 2.34. The average molecular weight is 382 g/mol. The van der Waals surface area contributed by atoms with Gasteiger partial charge >= 0.3 is 6.36 Å². The van der Waals surface area contributed by atoms with Gasteiger partial charge in [-0.15, -0.1) is 24.8 Å². The molecule has 17 heavy (non-hydrogen) atoms. The Kier molecular flexibility index (Phi) is 4.36. The van der Waals surface area contributed by atoms with Gasteiger partial charge in [-0.1, -0.05) is 0 Å². The number of hydrogen-bond acceptors (Lipinski definition) is 4. The number of nitro groups is 1. The molecule has 1 aromatic rings. The van der Waals surface area contributed by atoms with Crippen molar-refractivity contribution in [2.75, 3.05) is 0 Å². The Bertz CT molecular complexity index is 455. The Morgan fingerprint density at radius 1 is 1.59 bits per heavy atom. The van der Waals surface area contributed by atoms with Crippen LogP contribution in [-0.2, 0) is 5.88 Å². The zero-order chi connectivity index (χ0) is 13.2. The molecule has 0 bridgehead atoms. The topological polar surface area (TPSA) is 65.3 Å². The Balaban J connectivity index is 3.25. The van der Waals surface area contributed by atoms with Crippen LogP contribution >= 0.6 is 34.2 Å². The molecular weight excluding hydrogens is 379 g/mol. The highest BCUT2D eigenvalue weighted by molar-refractivity contribution is 14.1. The quantitative estimate of drug-likeness (QED) is 0.348. The molecule has 0 aliphatic heterocycles. The lowest BCUT2D eigenvalue weighted by Crippen LogP contribution is -2.19. The van der Waals surface area contributed by atoms with Gasteiger partial charge in [0.1, 0.15) is 6.20 Å². The van der Waals surface area contributed by atoms with Crippen LogP contribution < -0.4 is 4.74 Å². The van der Waals surface area contributed by atoms with Crippen molar-refractivity contribution in [3.63, 3.8) is 0 Å². The minimum absolute atomic E-state index is 0.0634. The summed E-state index contributed by atoms with van der Waals surface area (Å²) in [6.45, 7) is 0.